The summed E-state index contributed by atoms with van der Waals surface area (Å²) in [5.74, 6) is -0.292. The molecule has 2 aromatic carbocycles. The number of ether oxygens (including phenoxy) is 4. The first-order valence-corrected chi connectivity index (χ1v) is 7.99. The van der Waals surface area contributed by atoms with Gasteiger partial charge in [-0.25, -0.2) is 8.78 Å². The van der Waals surface area contributed by atoms with Crippen LogP contribution in [0.4, 0.5) is 8.78 Å². The van der Waals surface area contributed by atoms with Gasteiger partial charge < -0.3 is 23.5 Å². The maximum Gasteiger partial charge on any atom is 0.264 e. The molecule has 0 saturated carbocycles. The van der Waals surface area contributed by atoms with E-state index in [1.165, 1.54) is 39.7 Å². The zero-order chi connectivity index (χ0) is 20.1. The Labute approximate surface area is 159 Å². The summed E-state index contributed by atoms with van der Waals surface area (Å²) in [7, 11) is 4.44. The van der Waals surface area contributed by atoms with Gasteiger partial charge in [0.25, 0.3) is 5.89 Å². The Morgan fingerprint density at radius 1 is 0.893 bits per heavy atom. The van der Waals surface area contributed by atoms with Crippen molar-refractivity contribution in [2.75, 3.05) is 21.3 Å². The summed E-state index contributed by atoms with van der Waals surface area (Å²) in [6.07, 6.45) is 2.64. The van der Waals surface area contributed by atoms with Crippen molar-refractivity contribution in [3.63, 3.8) is 0 Å². The highest BCUT2D eigenvalue weighted by Gasteiger charge is 2.18. The first-order valence-electron chi connectivity index (χ1n) is 7.99. The van der Waals surface area contributed by atoms with Crippen LogP contribution < -0.4 is 18.9 Å². The number of aromatic nitrogens is 2. The highest BCUT2D eigenvalue weighted by atomic mass is 19.1. The molecule has 0 radical (unpaired) electrons. The highest BCUT2D eigenvalue weighted by molar-refractivity contribution is 5.60. The minimum absolute atomic E-state index is 0.0668. The number of rotatable bonds is 7. The Bertz CT molecular complexity index is 984. The lowest BCUT2D eigenvalue weighted by atomic mass is 10.2. The van der Waals surface area contributed by atoms with Crippen LogP contribution in [0.3, 0.4) is 0 Å². The van der Waals surface area contributed by atoms with E-state index in [0.29, 0.717) is 23.0 Å². The average molecular weight is 390 g/mol. The number of nitrogens with zero attached hydrogens (tertiary/aromatic N) is 2. The fourth-order valence-corrected chi connectivity index (χ4v) is 2.44. The Morgan fingerprint density at radius 2 is 1.54 bits per heavy atom. The quantitative estimate of drug-likeness (QED) is 0.563. The lowest BCUT2D eigenvalue weighted by Gasteiger charge is -2.14. The summed E-state index contributed by atoms with van der Waals surface area (Å²) in [5, 5.41) is 3.65. The summed E-state index contributed by atoms with van der Waals surface area (Å²) in [4.78, 5) is 3.94. The van der Waals surface area contributed by atoms with Crippen molar-refractivity contribution < 1.29 is 32.3 Å². The van der Waals surface area contributed by atoms with E-state index in [4.69, 9.17) is 23.5 Å². The molecule has 0 N–H and O–H groups in total. The standard InChI is InChI=1S/C19H16F2N2O5/c1-24-13-7-8-14(18(26-3)17(13)25-2)27-10-9-15-22-19(28-23-15)16-11(20)5-4-6-12(16)21/h4-10H,1-3H3/b10-9+. The van der Waals surface area contributed by atoms with Crippen molar-refractivity contribution in [3.8, 4) is 34.5 Å². The van der Waals surface area contributed by atoms with Gasteiger partial charge >= 0.3 is 0 Å². The van der Waals surface area contributed by atoms with Gasteiger partial charge in [-0.2, -0.15) is 4.98 Å². The second kappa shape index (κ2) is 8.38. The van der Waals surface area contributed by atoms with Crippen molar-refractivity contribution in [1.82, 2.24) is 10.1 Å². The van der Waals surface area contributed by atoms with Crippen LogP contribution in [0.5, 0.6) is 23.0 Å². The molecule has 0 amide bonds. The van der Waals surface area contributed by atoms with E-state index >= 15 is 0 Å². The SMILES string of the molecule is COc1ccc(O/C=C/c2noc(-c3c(F)cccc3F)n2)c(OC)c1OC. The van der Waals surface area contributed by atoms with Crippen LogP contribution in [0.15, 0.2) is 41.1 Å². The van der Waals surface area contributed by atoms with Gasteiger partial charge in [-0.1, -0.05) is 11.2 Å². The zero-order valence-electron chi connectivity index (χ0n) is 15.2. The van der Waals surface area contributed by atoms with Gasteiger partial charge in [0.05, 0.1) is 27.6 Å². The third-order valence-electron chi connectivity index (χ3n) is 3.70. The first kappa shape index (κ1) is 19.2. The molecule has 0 atom stereocenters. The Balaban J connectivity index is 1.80. The van der Waals surface area contributed by atoms with Crippen LogP contribution in [0, 0.1) is 11.6 Å². The van der Waals surface area contributed by atoms with E-state index in [-0.39, 0.29) is 11.7 Å². The molecule has 0 aliphatic carbocycles. The second-order valence-electron chi connectivity index (χ2n) is 5.31. The van der Waals surface area contributed by atoms with E-state index < -0.39 is 17.2 Å². The molecule has 3 rings (SSSR count). The third kappa shape index (κ3) is 3.73. The molecule has 0 bridgehead atoms. The smallest absolute Gasteiger partial charge is 0.264 e. The van der Waals surface area contributed by atoms with E-state index in [0.717, 1.165) is 12.1 Å². The van der Waals surface area contributed by atoms with Gasteiger partial charge in [-0.15, -0.1) is 0 Å². The van der Waals surface area contributed by atoms with E-state index in [9.17, 15) is 8.78 Å². The summed E-state index contributed by atoms with van der Waals surface area (Å²) >= 11 is 0. The Hall–Kier alpha value is -3.62. The summed E-state index contributed by atoms with van der Waals surface area (Å²) < 4.78 is 53.8. The summed E-state index contributed by atoms with van der Waals surface area (Å²) in [6, 6.07) is 6.73. The molecule has 0 fully saturated rings. The number of benzene rings is 2. The second-order valence-corrected chi connectivity index (χ2v) is 5.31. The van der Waals surface area contributed by atoms with Crippen LogP contribution >= 0.6 is 0 Å². The monoisotopic (exact) mass is 390 g/mol. The minimum Gasteiger partial charge on any atom is -0.493 e. The molecule has 146 valence electrons. The number of methoxy groups -OCH3 is 3. The minimum atomic E-state index is -0.800. The summed E-state index contributed by atoms with van der Waals surface area (Å²) in [5.41, 5.74) is -0.392. The molecular formula is C19H16F2N2O5. The van der Waals surface area contributed by atoms with Crippen LogP contribution in [-0.4, -0.2) is 31.5 Å². The number of halogens is 2. The molecule has 9 heteroatoms. The van der Waals surface area contributed by atoms with Crippen molar-refractivity contribution >= 4 is 6.08 Å². The fraction of sp³-hybridized carbons (Fsp3) is 0.158. The molecule has 0 saturated heterocycles. The Kier molecular flexibility index (Phi) is 5.73. The van der Waals surface area contributed by atoms with Crippen LogP contribution in [0.25, 0.3) is 17.5 Å². The maximum absolute atomic E-state index is 13.8. The van der Waals surface area contributed by atoms with E-state index in [2.05, 4.69) is 10.1 Å². The van der Waals surface area contributed by atoms with Crippen LogP contribution in [-0.2, 0) is 0 Å². The number of hydrogen-bond donors (Lipinski definition) is 0. The number of hydrogen-bond acceptors (Lipinski definition) is 7. The predicted molar refractivity (Wildman–Crippen MR) is 95.4 cm³/mol. The maximum atomic E-state index is 13.8. The van der Waals surface area contributed by atoms with Crippen LogP contribution in [0.2, 0.25) is 0 Å². The molecule has 7 nitrogen and oxygen atoms in total. The third-order valence-corrected chi connectivity index (χ3v) is 3.70. The van der Waals surface area contributed by atoms with Crippen molar-refractivity contribution in [2.45, 2.75) is 0 Å². The van der Waals surface area contributed by atoms with E-state index in [1.54, 1.807) is 12.1 Å². The largest absolute Gasteiger partial charge is 0.493 e. The fourth-order valence-electron chi connectivity index (χ4n) is 2.44. The molecule has 28 heavy (non-hydrogen) atoms. The summed E-state index contributed by atoms with van der Waals surface area (Å²) in [6.45, 7) is 0. The predicted octanol–water partition coefficient (Wildman–Crippen LogP) is 4.09. The first-order chi connectivity index (χ1) is 13.6. The van der Waals surface area contributed by atoms with Crippen molar-refractivity contribution in [2.24, 2.45) is 0 Å². The lowest BCUT2D eigenvalue weighted by Crippen LogP contribution is -1.97. The van der Waals surface area contributed by atoms with E-state index in [1.807, 2.05) is 0 Å². The molecule has 1 heterocycles. The molecule has 0 unspecified atom stereocenters. The molecular weight excluding hydrogens is 374 g/mol. The van der Waals surface area contributed by atoms with Gasteiger partial charge in [-0.05, 0) is 24.3 Å². The molecule has 0 aliphatic rings. The Morgan fingerprint density at radius 3 is 2.18 bits per heavy atom. The van der Waals surface area contributed by atoms with Gasteiger partial charge in [0.15, 0.2) is 17.3 Å². The van der Waals surface area contributed by atoms with Crippen molar-refractivity contribution in [3.05, 3.63) is 54.1 Å². The molecule has 0 aliphatic heterocycles. The zero-order valence-corrected chi connectivity index (χ0v) is 15.2. The average Bonchev–Trinajstić information content (AvgIpc) is 3.15. The van der Waals surface area contributed by atoms with Crippen LogP contribution in [0.1, 0.15) is 5.82 Å². The molecule has 0 spiro atoms. The molecule has 3 aromatic rings. The highest BCUT2D eigenvalue weighted by Crippen LogP contribution is 2.44. The van der Waals surface area contributed by atoms with Gasteiger partial charge in [-0.3, -0.25) is 0 Å². The normalized spacial score (nSPS) is 10.9. The van der Waals surface area contributed by atoms with Crippen molar-refractivity contribution in [1.29, 1.82) is 0 Å². The molecule has 1 aromatic heterocycles. The topological polar surface area (TPSA) is 75.8 Å². The van der Waals surface area contributed by atoms with Gasteiger partial charge in [0, 0.05) is 6.08 Å². The lowest BCUT2D eigenvalue weighted by molar-refractivity contribution is 0.313. The van der Waals surface area contributed by atoms with Gasteiger partial charge in [0.1, 0.15) is 17.2 Å². The van der Waals surface area contributed by atoms with Gasteiger partial charge in [0.2, 0.25) is 11.5 Å².